The summed E-state index contributed by atoms with van der Waals surface area (Å²) in [5, 5.41) is 12.2. The van der Waals surface area contributed by atoms with Crippen LogP contribution in [0.3, 0.4) is 0 Å². The third-order valence-electron chi connectivity index (χ3n) is 11.3. The highest BCUT2D eigenvalue weighted by Crippen LogP contribution is 2.42. The van der Waals surface area contributed by atoms with E-state index >= 15 is 0 Å². The number of benzene rings is 2. The van der Waals surface area contributed by atoms with Crippen LogP contribution in [-0.2, 0) is 24.1 Å². The maximum Gasteiger partial charge on any atom is 0.407 e. The number of hydrogen-bond donors (Lipinski definition) is 1. The molecule has 2 aromatic carbocycles. The van der Waals surface area contributed by atoms with Crippen molar-refractivity contribution in [3.8, 4) is 11.8 Å². The quantitative estimate of drug-likeness (QED) is 0.315. The molecule has 0 radical (unpaired) electrons. The lowest BCUT2D eigenvalue weighted by Gasteiger charge is -2.41. The number of anilines is 2. The van der Waals surface area contributed by atoms with Gasteiger partial charge in [0.2, 0.25) is 0 Å². The summed E-state index contributed by atoms with van der Waals surface area (Å²) >= 11 is 0. The van der Waals surface area contributed by atoms with E-state index in [1.165, 1.54) is 10.9 Å². The molecule has 3 aromatic rings. The summed E-state index contributed by atoms with van der Waals surface area (Å²) in [6, 6.07) is 10.8. The van der Waals surface area contributed by atoms with Crippen LogP contribution in [0.2, 0.25) is 0 Å². The first-order valence-electron chi connectivity index (χ1n) is 17.5. The van der Waals surface area contributed by atoms with Crippen molar-refractivity contribution >= 4 is 28.4 Å². The van der Waals surface area contributed by atoms with E-state index in [0.717, 1.165) is 85.5 Å². The Hall–Kier alpha value is -3.90. The molecule has 5 aliphatic rings. The Labute approximate surface area is 280 Å². The average Bonchev–Trinajstić information content (AvgIpc) is 3.71. The highest BCUT2D eigenvalue weighted by Gasteiger charge is 2.50. The fraction of sp³-hybridized carbons (Fsp3) is 0.583. The molecular weight excluding hydrogens is 615 g/mol. The van der Waals surface area contributed by atoms with Crippen LogP contribution in [0.5, 0.6) is 11.8 Å². The number of carboxylic acid groups (broad SMARTS) is 1. The Morgan fingerprint density at radius 1 is 1.08 bits per heavy atom. The zero-order chi connectivity index (χ0) is 33.0. The summed E-state index contributed by atoms with van der Waals surface area (Å²) in [6.45, 7) is 6.59. The fourth-order valence-electron chi connectivity index (χ4n) is 9.16. The molecule has 8 rings (SSSR count). The molecule has 48 heavy (non-hydrogen) atoms. The van der Waals surface area contributed by atoms with Crippen LogP contribution in [0.4, 0.5) is 20.7 Å². The number of carbonyl (C=O) groups is 1. The second-order valence-corrected chi connectivity index (χ2v) is 14.1. The van der Waals surface area contributed by atoms with E-state index in [4.69, 9.17) is 24.2 Å². The summed E-state index contributed by atoms with van der Waals surface area (Å²) in [4.78, 5) is 30.7. The molecule has 0 aliphatic carbocycles. The number of piperazine rings is 1. The second-order valence-electron chi connectivity index (χ2n) is 14.1. The Morgan fingerprint density at radius 3 is 2.69 bits per heavy atom. The number of aromatic nitrogens is 2. The second kappa shape index (κ2) is 12.5. The van der Waals surface area contributed by atoms with Gasteiger partial charge in [-0.2, -0.15) is 9.97 Å². The lowest BCUT2D eigenvalue weighted by molar-refractivity contribution is 0.0512. The minimum absolute atomic E-state index is 0.0593. The predicted octanol–water partition coefficient (Wildman–Crippen LogP) is 5.02. The predicted molar refractivity (Wildman–Crippen MR) is 180 cm³/mol. The van der Waals surface area contributed by atoms with Gasteiger partial charge in [0.15, 0.2) is 6.79 Å². The number of alkyl halides is 1. The van der Waals surface area contributed by atoms with Gasteiger partial charge in [0, 0.05) is 62.4 Å². The maximum absolute atomic E-state index is 14.6. The molecule has 1 aromatic heterocycles. The average molecular weight is 661 g/mol. The number of fused-ring (bicyclic) bond motifs is 5. The van der Waals surface area contributed by atoms with Crippen molar-refractivity contribution in [3.05, 3.63) is 47.2 Å². The van der Waals surface area contributed by atoms with Crippen LogP contribution in [0.15, 0.2) is 30.3 Å². The summed E-state index contributed by atoms with van der Waals surface area (Å²) in [5.41, 5.74) is 4.07. The maximum atomic E-state index is 14.6. The molecule has 2 bridgehead atoms. The molecule has 1 amide bonds. The van der Waals surface area contributed by atoms with Gasteiger partial charge in [0.1, 0.15) is 24.3 Å². The molecule has 0 spiro atoms. The fourth-order valence-corrected chi connectivity index (χ4v) is 9.16. The van der Waals surface area contributed by atoms with Crippen molar-refractivity contribution in [3.63, 3.8) is 0 Å². The molecule has 0 saturated carbocycles. The van der Waals surface area contributed by atoms with Crippen LogP contribution >= 0.6 is 0 Å². The van der Waals surface area contributed by atoms with Gasteiger partial charge >= 0.3 is 12.1 Å². The molecule has 4 atom stereocenters. The van der Waals surface area contributed by atoms with Crippen molar-refractivity contribution in [1.82, 2.24) is 19.8 Å². The highest BCUT2D eigenvalue weighted by atomic mass is 19.1. The van der Waals surface area contributed by atoms with Crippen molar-refractivity contribution in [2.45, 2.75) is 82.2 Å². The number of halogens is 1. The third kappa shape index (κ3) is 5.46. The number of rotatable bonds is 9. The Balaban J connectivity index is 1.16. The molecule has 4 fully saturated rings. The van der Waals surface area contributed by atoms with Gasteiger partial charge in [-0.25, -0.2) is 9.18 Å². The molecule has 1 N–H and O–H groups in total. The summed E-state index contributed by atoms with van der Waals surface area (Å²) < 4.78 is 32.2. The first-order chi connectivity index (χ1) is 23.4. The molecule has 11 nitrogen and oxygen atoms in total. The number of aryl methyl sites for hydroxylation is 1. The summed E-state index contributed by atoms with van der Waals surface area (Å²) in [5.74, 6) is 1.60. The number of amides is 1. The van der Waals surface area contributed by atoms with Crippen LogP contribution in [0, 0.1) is 0 Å². The molecule has 2 unspecified atom stereocenters. The number of methoxy groups -OCH3 is 1. The van der Waals surface area contributed by atoms with Crippen molar-refractivity contribution < 1.29 is 28.5 Å². The van der Waals surface area contributed by atoms with E-state index in [1.807, 2.05) is 0 Å². The van der Waals surface area contributed by atoms with Crippen LogP contribution < -0.4 is 19.3 Å². The van der Waals surface area contributed by atoms with Crippen LogP contribution in [-0.4, -0.2) is 108 Å². The van der Waals surface area contributed by atoms with Crippen molar-refractivity contribution in [2.24, 2.45) is 0 Å². The van der Waals surface area contributed by atoms with Crippen molar-refractivity contribution in [1.29, 1.82) is 0 Å². The molecular formula is C36H45FN6O5. The minimum Gasteiger partial charge on any atom is -0.467 e. The topological polar surface area (TPSA) is 104 Å². The van der Waals surface area contributed by atoms with Gasteiger partial charge in [0.05, 0.1) is 29.9 Å². The van der Waals surface area contributed by atoms with E-state index in [1.54, 1.807) is 12.0 Å². The lowest BCUT2D eigenvalue weighted by Crippen LogP contribution is -2.56. The van der Waals surface area contributed by atoms with Gasteiger partial charge in [-0.1, -0.05) is 25.1 Å². The number of ether oxygens (including phenoxy) is 3. The lowest BCUT2D eigenvalue weighted by atomic mass is 9.95. The normalized spacial score (nSPS) is 26.6. The third-order valence-corrected chi connectivity index (χ3v) is 11.3. The standard InChI is InChI=1S/C36H45FN6O5/c1-3-23-6-4-7-24-14-28(48-22-46-2)15-31(32(23)24)40-13-10-29-30(20-40)38-34(47-21-36-11-5-12-42(36)17-25(37)16-36)39-33(29)41-18-26-8-9-27(19-41)43(26)35(44)45/h4,6-7,14-15,25-27H,3,5,8-13,16-22H2,1-2H3,(H,44,45)/t25?,26-,27+,36?. The summed E-state index contributed by atoms with van der Waals surface area (Å²) in [6.07, 6.45) is 4.10. The first-order valence-corrected chi connectivity index (χ1v) is 17.5. The zero-order valence-corrected chi connectivity index (χ0v) is 27.9. The molecule has 12 heteroatoms. The van der Waals surface area contributed by atoms with Gasteiger partial charge < -0.3 is 29.1 Å². The minimum atomic E-state index is -0.843. The summed E-state index contributed by atoms with van der Waals surface area (Å²) in [7, 11) is 1.62. The Morgan fingerprint density at radius 2 is 1.92 bits per heavy atom. The van der Waals surface area contributed by atoms with Gasteiger partial charge in [-0.3, -0.25) is 9.80 Å². The largest absolute Gasteiger partial charge is 0.467 e. The molecule has 6 heterocycles. The zero-order valence-electron chi connectivity index (χ0n) is 27.9. The highest BCUT2D eigenvalue weighted by molar-refractivity contribution is 5.98. The number of hydrogen-bond acceptors (Lipinski definition) is 9. The monoisotopic (exact) mass is 660 g/mol. The van der Waals surface area contributed by atoms with Gasteiger partial charge in [-0.05, 0) is 62.1 Å². The first kappa shape index (κ1) is 31.4. The van der Waals surface area contributed by atoms with Crippen molar-refractivity contribution in [2.75, 3.05) is 63.0 Å². The van der Waals surface area contributed by atoms with E-state index in [0.29, 0.717) is 45.2 Å². The number of nitrogens with zero attached hydrogens (tertiary/aromatic N) is 6. The Kier molecular flexibility index (Phi) is 8.19. The Bertz CT molecular complexity index is 1700. The van der Waals surface area contributed by atoms with E-state index in [9.17, 15) is 14.3 Å². The smallest absolute Gasteiger partial charge is 0.407 e. The SMILES string of the molecule is CCc1cccc2cc(OCOC)cc(N3CCc4c(nc(OCC56CCCN5CC(F)C6)nc4N4C[C@H]5CC[C@@H](C4)N5C(=O)O)C3)c12. The van der Waals surface area contributed by atoms with E-state index < -0.39 is 12.3 Å². The van der Waals surface area contributed by atoms with E-state index in [-0.39, 0.29) is 24.4 Å². The van der Waals surface area contributed by atoms with Crippen LogP contribution in [0.25, 0.3) is 10.8 Å². The van der Waals surface area contributed by atoms with E-state index in [2.05, 4.69) is 52.0 Å². The molecule has 4 saturated heterocycles. The van der Waals surface area contributed by atoms with Gasteiger partial charge in [0.25, 0.3) is 0 Å². The van der Waals surface area contributed by atoms with Crippen LogP contribution in [0.1, 0.15) is 55.8 Å². The molecule has 5 aliphatic heterocycles. The molecule has 256 valence electrons. The van der Waals surface area contributed by atoms with Gasteiger partial charge in [-0.15, -0.1) is 0 Å².